The third-order valence-electron chi connectivity index (χ3n) is 5.88. The van der Waals surface area contributed by atoms with E-state index >= 15 is 0 Å². The van der Waals surface area contributed by atoms with Crippen LogP contribution in [0.2, 0.25) is 0 Å². The van der Waals surface area contributed by atoms with Gasteiger partial charge < -0.3 is 20.3 Å². The first-order chi connectivity index (χ1) is 13.2. The second kappa shape index (κ2) is 9.11. The van der Waals surface area contributed by atoms with E-state index in [0.717, 1.165) is 38.4 Å². The van der Waals surface area contributed by atoms with Crippen molar-refractivity contribution in [3.8, 4) is 0 Å². The summed E-state index contributed by atoms with van der Waals surface area (Å²) in [6.45, 7) is 4.62. The number of piperidine rings is 1. The quantitative estimate of drug-likeness (QED) is 0.616. The molecule has 1 saturated carbocycles. The van der Waals surface area contributed by atoms with Crippen molar-refractivity contribution >= 4 is 12.1 Å². The van der Waals surface area contributed by atoms with Crippen molar-refractivity contribution in [1.29, 1.82) is 0 Å². The number of hydrogen-bond donors (Lipinski definition) is 2. The first kappa shape index (κ1) is 19.5. The number of nitrogens with zero attached hydrogens (tertiary/aromatic N) is 2. The highest BCUT2D eigenvalue weighted by Crippen LogP contribution is 2.43. The van der Waals surface area contributed by atoms with Gasteiger partial charge in [-0.2, -0.15) is 0 Å². The SMILES string of the molecule is CCOC(=O)N1CCC(NC(=NC)NCC2(c3ccccc3)CCC2)CC1. The number of nitrogens with one attached hydrogen (secondary N) is 2. The summed E-state index contributed by atoms with van der Waals surface area (Å²) in [5.41, 5.74) is 1.65. The minimum Gasteiger partial charge on any atom is -0.450 e. The lowest BCUT2D eigenvalue weighted by Crippen LogP contribution is -2.53. The van der Waals surface area contributed by atoms with E-state index in [0.29, 0.717) is 12.6 Å². The van der Waals surface area contributed by atoms with Crippen molar-refractivity contribution in [2.75, 3.05) is 33.3 Å². The van der Waals surface area contributed by atoms with E-state index in [1.807, 2.05) is 14.0 Å². The predicted molar refractivity (Wildman–Crippen MR) is 108 cm³/mol. The number of amides is 1. The summed E-state index contributed by atoms with van der Waals surface area (Å²) in [5.74, 6) is 0.854. The van der Waals surface area contributed by atoms with Crippen LogP contribution in [-0.4, -0.2) is 56.3 Å². The number of guanidine groups is 1. The Labute approximate surface area is 162 Å². The standard InChI is InChI=1S/C21H32N4O2/c1-3-27-20(26)25-14-10-18(11-15-25)24-19(22-2)23-16-21(12-7-13-21)17-8-5-4-6-9-17/h4-6,8-9,18H,3,7,10-16H2,1-2H3,(H2,22,23,24). The van der Waals surface area contributed by atoms with E-state index in [1.165, 1.54) is 24.8 Å². The number of hydrogen-bond acceptors (Lipinski definition) is 3. The number of carbonyl (C=O) groups excluding carboxylic acids is 1. The van der Waals surface area contributed by atoms with Gasteiger partial charge in [-0.15, -0.1) is 0 Å². The fraction of sp³-hybridized carbons (Fsp3) is 0.619. The molecule has 0 spiro atoms. The molecule has 27 heavy (non-hydrogen) atoms. The average molecular weight is 373 g/mol. The van der Waals surface area contributed by atoms with Crippen LogP contribution in [0, 0.1) is 0 Å². The zero-order valence-corrected chi connectivity index (χ0v) is 16.5. The summed E-state index contributed by atoms with van der Waals surface area (Å²) in [6, 6.07) is 11.1. The Bertz CT molecular complexity index is 635. The smallest absolute Gasteiger partial charge is 0.409 e. The minimum atomic E-state index is -0.201. The third kappa shape index (κ3) is 4.73. The minimum absolute atomic E-state index is 0.201. The summed E-state index contributed by atoms with van der Waals surface area (Å²) in [7, 11) is 1.82. The van der Waals surface area contributed by atoms with Gasteiger partial charge in [0.1, 0.15) is 0 Å². The average Bonchev–Trinajstić information content (AvgIpc) is 2.67. The lowest BCUT2D eigenvalue weighted by Gasteiger charge is -2.43. The van der Waals surface area contributed by atoms with Crippen LogP contribution in [0.3, 0.4) is 0 Å². The molecule has 1 amide bonds. The number of benzene rings is 1. The summed E-state index contributed by atoms with van der Waals surface area (Å²) < 4.78 is 5.09. The second-order valence-electron chi connectivity index (χ2n) is 7.53. The molecule has 1 aromatic rings. The Kier molecular flexibility index (Phi) is 6.58. The molecule has 6 nitrogen and oxygen atoms in total. The Morgan fingerprint density at radius 1 is 1.26 bits per heavy atom. The highest BCUT2D eigenvalue weighted by atomic mass is 16.6. The van der Waals surface area contributed by atoms with Gasteiger partial charge in [-0.25, -0.2) is 4.79 Å². The molecule has 1 aromatic carbocycles. The molecule has 0 bridgehead atoms. The van der Waals surface area contributed by atoms with Crippen molar-refractivity contribution < 1.29 is 9.53 Å². The molecule has 0 unspecified atom stereocenters. The zero-order valence-electron chi connectivity index (χ0n) is 16.5. The third-order valence-corrected chi connectivity index (χ3v) is 5.88. The molecule has 148 valence electrons. The first-order valence-corrected chi connectivity index (χ1v) is 10.1. The van der Waals surface area contributed by atoms with Crippen molar-refractivity contribution in [2.24, 2.45) is 4.99 Å². The Hall–Kier alpha value is -2.24. The molecule has 1 aliphatic carbocycles. The molecular weight excluding hydrogens is 340 g/mol. The lowest BCUT2D eigenvalue weighted by atomic mass is 9.64. The van der Waals surface area contributed by atoms with Crippen LogP contribution in [-0.2, 0) is 10.2 Å². The maximum atomic E-state index is 11.8. The van der Waals surface area contributed by atoms with E-state index in [9.17, 15) is 4.79 Å². The number of rotatable bonds is 5. The molecule has 2 fully saturated rings. The maximum absolute atomic E-state index is 11.8. The fourth-order valence-electron chi connectivity index (χ4n) is 4.02. The molecule has 1 heterocycles. The van der Waals surface area contributed by atoms with Crippen LogP contribution in [0.5, 0.6) is 0 Å². The lowest BCUT2D eigenvalue weighted by molar-refractivity contribution is 0.0963. The molecule has 0 atom stereocenters. The molecule has 3 rings (SSSR count). The van der Waals surface area contributed by atoms with Crippen LogP contribution in [0.15, 0.2) is 35.3 Å². The molecule has 2 N–H and O–H groups in total. The molecular formula is C21H32N4O2. The summed E-state index contributed by atoms with van der Waals surface area (Å²) in [5, 5.41) is 7.08. The topological polar surface area (TPSA) is 66.0 Å². The van der Waals surface area contributed by atoms with Crippen LogP contribution in [0.25, 0.3) is 0 Å². The molecule has 1 saturated heterocycles. The Morgan fingerprint density at radius 3 is 2.52 bits per heavy atom. The van der Waals surface area contributed by atoms with Crippen LogP contribution in [0.1, 0.15) is 44.6 Å². The van der Waals surface area contributed by atoms with Crippen molar-refractivity contribution in [3.63, 3.8) is 0 Å². The van der Waals surface area contributed by atoms with Crippen LogP contribution < -0.4 is 10.6 Å². The predicted octanol–water partition coefficient (Wildman–Crippen LogP) is 2.89. The normalized spacial score (nSPS) is 19.9. The van der Waals surface area contributed by atoms with E-state index in [1.54, 1.807) is 4.90 Å². The number of ether oxygens (including phenoxy) is 1. The Morgan fingerprint density at radius 2 is 1.96 bits per heavy atom. The molecule has 0 radical (unpaired) electrons. The van der Waals surface area contributed by atoms with Crippen LogP contribution >= 0.6 is 0 Å². The van der Waals surface area contributed by atoms with Crippen molar-refractivity contribution in [3.05, 3.63) is 35.9 Å². The van der Waals surface area contributed by atoms with E-state index in [4.69, 9.17) is 4.74 Å². The molecule has 2 aliphatic rings. The highest BCUT2D eigenvalue weighted by molar-refractivity contribution is 5.80. The van der Waals surface area contributed by atoms with Gasteiger partial charge in [0.15, 0.2) is 5.96 Å². The molecule has 6 heteroatoms. The van der Waals surface area contributed by atoms with Crippen LogP contribution in [0.4, 0.5) is 4.79 Å². The van der Waals surface area contributed by atoms with Crippen molar-refractivity contribution in [2.45, 2.75) is 50.5 Å². The van der Waals surface area contributed by atoms with Gasteiger partial charge in [-0.05, 0) is 38.2 Å². The fourth-order valence-corrected chi connectivity index (χ4v) is 4.02. The van der Waals surface area contributed by atoms with E-state index in [-0.39, 0.29) is 11.5 Å². The molecule has 1 aliphatic heterocycles. The van der Waals surface area contributed by atoms with Gasteiger partial charge >= 0.3 is 6.09 Å². The van der Waals surface area contributed by atoms with Gasteiger partial charge in [0.05, 0.1) is 6.61 Å². The summed E-state index contributed by atoms with van der Waals surface area (Å²) in [4.78, 5) is 18.0. The van der Waals surface area contributed by atoms with Gasteiger partial charge in [0.2, 0.25) is 0 Å². The summed E-state index contributed by atoms with van der Waals surface area (Å²) in [6.07, 6.45) is 5.34. The highest BCUT2D eigenvalue weighted by Gasteiger charge is 2.38. The van der Waals surface area contributed by atoms with Gasteiger partial charge in [-0.1, -0.05) is 36.8 Å². The zero-order chi connectivity index (χ0) is 19.1. The second-order valence-corrected chi connectivity index (χ2v) is 7.53. The first-order valence-electron chi connectivity index (χ1n) is 10.1. The Balaban J connectivity index is 1.48. The van der Waals surface area contributed by atoms with E-state index < -0.39 is 0 Å². The summed E-state index contributed by atoms with van der Waals surface area (Å²) >= 11 is 0. The number of aliphatic imine (C=N–C) groups is 1. The van der Waals surface area contributed by atoms with Gasteiger partial charge in [0, 0.05) is 38.1 Å². The number of carbonyl (C=O) groups is 1. The maximum Gasteiger partial charge on any atom is 0.409 e. The van der Waals surface area contributed by atoms with Crippen molar-refractivity contribution in [1.82, 2.24) is 15.5 Å². The van der Waals surface area contributed by atoms with Gasteiger partial charge in [0.25, 0.3) is 0 Å². The van der Waals surface area contributed by atoms with E-state index in [2.05, 4.69) is 46.0 Å². The monoisotopic (exact) mass is 372 g/mol. The van der Waals surface area contributed by atoms with Gasteiger partial charge in [-0.3, -0.25) is 4.99 Å². The molecule has 0 aromatic heterocycles. The largest absolute Gasteiger partial charge is 0.450 e. The number of likely N-dealkylation sites (tertiary alicyclic amines) is 1.